The molecular formula is C17H21NO. The number of hydrogen-bond donors (Lipinski definition) is 0. The maximum Gasteiger partial charge on any atom is 0.123 e. The minimum absolute atomic E-state index is 0.912. The van der Waals surface area contributed by atoms with Crippen molar-refractivity contribution in [2.45, 2.75) is 20.0 Å². The van der Waals surface area contributed by atoms with E-state index in [-0.39, 0.29) is 0 Å². The van der Waals surface area contributed by atoms with Crippen molar-refractivity contribution < 1.29 is 4.74 Å². The summed E-state index contributed by atoms with van der Waals surface area (Å²) in [4.78, 5) is 2.41. The Morgan fingerprint density at radius 3 is 2.26 bits per heavy atom. The van der Waals surface area contributed by atoms with Crippen LogP contribution in [0.3, 0.4) is 0 Å². The van der Waals surface area contributed by atoms with Crippen molar-refractivity contribution in [3.63, 3.8) is 0 Å². The highest BCUT2D eigenvalue weighted by Gasteiger charge is 2.08. The second-order valence-corrected chi connectivity index (χ2v) is 4.60. The molecule has 0 aliphatic rings. The van der Waals surface area contributed by atoms with E-state index in [0.717, 1.165) is 25.4 Å². The van der Waals surface area contributed by atoms with E-state index in [0.29, 0.717) is 0 Å². The smallest absolute Gasteiger partial charge is 0.123 e. The minimum Gasteiger partial charge on any atom is -0.496 e. The van der Waals surface area contributed by atoms with Gasteiger partial charge in [-0.05, 0) is 18.2 Å². The van der Waals surface area contributed by atoms with Crippen molar-refractivity contribution in [1.29, 1.82) is 0 Å². The standard InChI is InChI=1S/C17H21NO/c1-3-18(13-15-9-5-4-6-10-15)14-16-11-7-8-12-17(16)19-2/h4-12H,3,13-14H2,1-2H3. The van der Waals surface area contributed by atoms with E-state index in [4.69, 9.17) is 4.74 Å². The molecule has 2 aromatic rings. The van der Waals surface area contributed by atoms with Crippen LogP contribution >= 0.6 is 0 Å². The van der Waals surface area contributed by atoms with Crippen LogP contribution in [0.1, 0.15) is 18.1 Å². The van der Waals surface area contributed by atoms with Crippen LogP contribution in [0.2, 0.25) is 0 Å². The molecule has 0 spiro atoms. The Morgan fingerprint density at radius 1 is 0.895 bits per heavy atom. The fourth-order valence-electron chi connectivity index (χ4n) is 2.20. The highest BCUT2D eigenvalue weighted by atomic mass is 16.5. The lowest BCUT2D eigenvalue weighted by Crippen LogP contribution is -2.22. The number of hydrogen-bond acceptors (Lipinski definition) is 2. The van der Waals surface area contributed by atoms with Gasteiger partial charge in [0.15, 0.2) is 0 Å². The highest BCUT2D eigenvalue weighted by Crippen LogP contribution is 2.20. The lowest BCUT2D eigenvalue weighted by molar-refractivity contribution is 0.266. The highest BCUT2D eigenvalue weighted by molar-refractivity contribution is 5.33. The summed E-state index contributed by atoms with van der Waals surface area (Å²) in [6.07, 6.45) is 0. The first-order valence-electron chi connectivity index (χ1n) is 6.71. The van der Waals surface area contributed by atoms with Crippen LogP contribution in [0.25, 0.3) is 0 Å². The maximum absolute atomic E-state index is 5.41. The van der Waals surface area contributed by atoms with Gasteiger partial charge in [0.2, 0.25) is 0 Å². The zero-order valence-electron chi connectivity index (χ0n) is 11.7. The van der Waals surface area contributed by atoms with Crippen LogP contribution in [0.5, 0.6) is 5.75 Å². The molecule has 2 heteroatoms. The molecule has 0 atom stereocenters. The van der Waals surface area contributed by atoms with Crippen molar-refractivity contribution in [2.24, 2.45) is 0 Å². The fourth-order valence-corrected chi connectivity index (χ4v) is 2.20. The minimum atomic E-state index is 0.912. The third kappa shape index (κ3) is 3.83. The molecule has 2 nitrogen and oxygen atoms in total. The van der Waals surface area contributed by atoms with Gasteiger partial charge in [0.1, 0.15) is 5.75 Å². The van der Waals surface area contributed by atoms with Gasteiger partial charge in [-0.2, -0.15) is 0 Å². The van der Waals surface area contributed by atoms with Gasteiger partial charge in [0.25, 0.3) is 0 Å². The second-order valence-electron chi connectivity index (χ2n) is 4.60. The number of rotatable bonds is 6. The Labute approximate surface area is 115 Å². The summed E-state index contributed by atoms with van der Waals surface area (Å²) in [7, 11) is 1.73. The molecule has 0 aliphatic carbocycles. The third-order valence-electron chi connectivity index (χ3n) is 3.28. The summed E-state index contributed by atoms with van der Waals surface area (Å²) in [6.45, 7) is 5.09. The molecular weight excluding hydrogens is 234 g/mol. The van der Waals surface area contributed by atoms with Crippen molar-refractivity contribution in [2.75, 3.05) is 13.7 Å². The molecule has 100 valence electrons. The number of ether oxygens (including phenoxy) is 1. The summed E-state index contributed by atoms with van der Waals surface area (Å²) >= 11 is 0. The number of nitrogens with zero attached hydrogens (tertiary/aromatic N) is 1. The Kier molecular flexibility index (Phi) is 4.99. The zero-order valence-corrected chi connectivity index (χ0v) is 11.7. The summed E-state index contributed by atoms with van der Waals surface area (Å²) in [5.41, 5.74) is 2.59. The topological polar surface area (TPSA) is 12.5 Å². The Hall–Kier alpha value is -1.80. The van der Waals surface area contributed by atoms with Gasteiger partial charge in [0.05, 0.1) is 7.11 Å². The van der Waals surface area contributed by atoms with Crippen LogP contribution < -0.4 is 4.74 Å². The third-order valence-corrected chi connectivity index (χ3v) is 3.28. The van der Waals surface area contributed by atoms with E-state index in [1.54, 1.807) is 7.11 Å². The van der Waals surface area contributed by atoms with E-state index in [9.17, 15) is 0 Å². The molecule has 0 fully saturated rings. The van der Waals surface area contributed by atoms with Crippen molar-refractivity contribution in [3.8, 4) is 5.75 Å². The largest absolute Gasteiger partial charge is 0.496 e. The predicted molar refractivity (Wildman–Crippen MR) is 79.2 cm³/mol. The van der Waals surface area contributed by atoms with Crippen LogP contribution in [0.15, 0.2) is 54.6 Å². The first-order chi connectivity index (χ1) is 9.33. The first-order valence-corrected chi connectivity index (χ1v) is 6.71. The lowest BCUT2D eigenvalue weighted by Gasteiger charge is -2.21. The second kappa shape index (κ2) is 6.95. The fraction of sp³-hybridized carbons (Fsp3) is 0.294. The Bertz CT molecular complexity index is 496. The van der Waals surface area contributed by atoms with Gasteiger partial charge >= 0.3 is 0 Å². The molecule has 0 heterocycles. The van der Waals surface area contributed by atoms with Crippen molar-refractivity contribution in [3.05, 3.63) is 65.7 Å². The summed E-state index contributed by atoms with van der Waals surface area (Å²) in [5, 5.41) is 0. The molecule has 0 radical (unpaired) electrons. The van der Waals surface area contributed by atoms with Crippen molar-refractivity contribution >= 4 is 0 Å². The predicted octanol–water partition coefficient (Wildman–Crippen LogP) is 3.72. The molecule has 2 aromatic carbocycles. The lowest BCUT2D eigenvalue weighted by atomic mass is 10.1. The summed E-state index contributed by atoms with van der Waals surface area (Å²) in [5.74, 6) is 0.967. The molecule has 19 heavy (non-hydrogen) atoms. The molecule has 0 unspecified atom stereocenters. The van der Waals surface area contributed by atoms with Crippen LogP contribution in [-0.4, -0.2) is 18.6 Å². The average Bonchev–Trinajstić information content (AvgIpc) is 2.48. The van der Waals surface area contributed by atoms with Gasteiger partial charge in [-0.25, -0.2) is 0 Å². The van der Waals surface area contributed by atoms with E-state index in [1.807, 2.05) is 12.1 Å². The molecule has 0 bridgehead atoms. The van der Waals surface area contributed by atoms with Crippen LogP contribution in [-0.2, 0) is 13.1 Å². The van der Waals surface area contributed by atoms with E-state index < -0.39 is 0 Å². The molecule has 0 saturated heterocycles. The van der Waals surface area contributed by atoms with Crippen LogP contribution in [0.4, 0.5) is 0 Å². The molecule has 0 amide bonds. The van der Waals surface area contributed by atoms with Crippen LogP contribution in [0, 0.1) is 0 Å². The number of para-hydroxylation sites is 1. The summed E-state index contributed by atoms with van der Waals surface area (Å²) in [6, 6.07) is 18.8. The Morgan fingerprint density at radius 2 is 1.58 bits per heavy atom. The van der Waals surface area contributed by atoms with Gasteiger partial charge < -0.3 is 4.74 Å². The normalized spacial score (nSPS) is 10.7. The van der Waals surface area contributed by atoms with Gasteiger partial charge in [0, 0.05) is 18.7 Å². The number of methoxy groups -OCH3 is 1. The number of benzene rings is 2. The molecule has 0 aromatic heterocycles. The van der Waals surface area contributed by atoms with Gasteiger partial charge in [-0.1, -0.05) is 55.5 Å². The summed E-state index contributed by atoms with van der Waals surface area (Å²) < 4.78 is 5.41. The molecule has 0 aliphatic heterocycles. The van der Waals surface area contributed by atoms with Crippen molar-refractivity contribution in [1.82, 2.24) is 4.90 Å². The zero-order chi connectivity index (χ0) is 13.5. The van der Waals surface area contributed by atoms with E-state index in [2.05, 4.69) is 54.3 Å². The first kappa shape index (κ1) is 13.6. The van der Waals surface area contributed by atoms with Gasteiger partial charge in [-0.15, -0.1) is 0 Å². The van der Waals surface area contributed by atoms with E-state index >= 15 is 0 Å². The Balaban J connectivity index is 2.07. The SMILES string of the molecule is CCN(Cc1ccccc1)Cc1ccccc1OC. The quantitative estimate of drug-likeness (QED) is 0.780. The maximum atomic E-state index is 5.41. The average molecular weight is 255 g/mol. The monoisotopic (exact) mass is 255 g/mol. The molecule has 2 rings (SSSR count). The van der Waals surface area contributed by atoms with E-state index in [1.165, 1.54) is 11.1 Å². The van der Waals surface area contributed by atoms with Gasteiger partial charge in [-0.3, -0.25) is 4.90 Å². The molecule has 0 N–H and O–H groups in total. The molecule has 0 saturated carbocycles.